The van der Waals surface area contributed by atoms with Gasteiger partial charge in [0.15, 0.2) is 5.11 Å². The van der Waals surface area contributed by atoms with Crippen LogP contribution in [0.15, 0.2) is 46.9 Å². The zero-order valence-electron chi connectivity index (χ0n) is 16.6. The summed E-state index contributed by atoms with van der Waals surface area (Å²) in [5, 5.41) is 22.1. The minimum atomic E-state index is -0.477. The van der Waals surface area contributed by atoms with Gasteiger partial charge in [0, 0.05) is 10.5 Å². The van der Waals surface area contributed by atoms with E-state index in [1.54, 1.807) is 6.07 Å². The van der Waals surface area contributed by atoms with E-state index in [1.165, 1.54) is 19.2 Å². The highest BCUT2D eigenvalue weighted by Gasteiger charge is 2.15. The highest BCUT2D eigenvalue weighted by molar-refractivity contribution is 9.10. The lowest BCUT2D eigenvalue weighted by Gasteiger charge is -2.13. The zero-order chi connectivity index (χ0) is 21.8. The number of non-ortho nitro benzene ring substituents is 1. The smallest absolute Gasteiger partial charge is 0.273 e. The molecule has 0 radical (unpaired) electrons. The molecule has 0 spiro atoms. The fourth-order valence-corrected chi connectivity index (χ4v) is 3.43. The normalized spacial score (nSPS) is 10.5. The molecule has 1 aromatic heterocycles. The van der Waals surface area contributed by atoms with Crippen molar-refractivity contribution in [1.29, 1.82) is 0 Å². The average molecular weight is 490 g/mol. The number of nitrogens with one attached hydrogen (secondary N) is 2. The number of thiocarbonyl (C=S) groups is 1. The summed E-state index contributed by atoms with van der Waals surface area (Å²) in [5.74, 6) is 0.327. The summed E-state index contributed by atoms with van der Waals surface area (Å²) in [6.07, 6.45) is 0. The molecule has 0 aliphatic carbocycles. The van der Waals surface area contributed by atoms with Gasteiger partial charge in [0.05, 0.1) is 47.4 Å². The lowest BCUT2D eigenvalue weighted by molar-refractivity contribution is -0.384. The van der Waals surface area contributed by atoms with Crippen LogP contribution in [0.2, 0.25) is 0 Å². The first-order valence-electron chi connectivity index (χ1n) is 8.97. The summed E-state index contributed by atoms with van der Waals surface area (Å²) in [7, 11) is 1.45. The molecule has 0 unspecified atom stereocenters. The number of benzene rings is 2. The predicted octanol–water partition coefficient (Wildman–Crippen LogP) is 5.04. The number of methoxy groups -OCH3 is 1. The molecule has 0 saturated heterocycles. The summed E-state index contributed by atoms with van der Waals surface area (Å²) in [6, 6.07) is 12.4. The topological polar surface area (TPSA) is 94.2 Å². The van der Waals surface area contributed by atoms with Crippen molar-refractivity contribution in [3.8, 4) is 5.75 Å². The Morgan fingerprint density at radius 2 is 1.93 bits per heavy atom. The first-order valence-corrected chi connectivity index (χ1v) is 10.2. The third-order valence-electron chi connectivity index (χ3n) is 4.51. The van der Waals surface area contributed by atoms with Crippen LogP contribution in [0, 0.1) is 24.0 Å². The Kier molecular flexibility index (Phi) is 6.68. The molecule has 3 rings (SSSR count). The maximum atomic E-state index is 10.9. The number of halogens is 1. The van der Waals surface area contributed by atoms with E-state index < -0.39 is 4.92 Å². The highest BCUT2D eigenvalue weighted by atomic mass is 79.9. The van der Waals surface area contributed by atoms with Crippen LogP contribution < -0.4 is 15.4 Å². The maximum Gasteiger partial charge on any atom is 0.273 e. The van der Waals surface area contributed by atoms with Crippen molar-refractivity contribution in [2.24, 2.45) is 0 Å². The van der Waals surface area contributed by atoms with Gasteiger partial charge in [-0.25, -0.2) is 0 Å². The number of ether oxygens (including phenoxy) is 1. The number of nitro groups is 1. The highest BCUT2D eigenvalue weighted by Crippen LogP contribution is 2.29. The molecule has 0 aliphatic heterocycles. The Hall–Kier alpha value is -2.98. The monoisotopic (exact) mass is 489 g/mol. The summed E-state index contributed by atoms with van der Waals surface area (Å²) < 4.78 is 8.18. The number of nitro benzene ring substituents is 1. The van der Waals surface area contributed by atoms with Crippen molar-refractivity contribution < 1.29 is 9.66 Å². The minimum Gasteiger partial charge on any atom is -0.494 e. The summed E-state index contributed by atoms with van der Waals surface area (Å²) in [5.41, 5.74) is 4.16. The fourth-order valence-electron chi connectivity index (χ4n) is 2.96. The Bertz CT molecular complexity index is 1100. The third kappa shape index (κ3) is 4.95. The van der Waals surface area contributed by atoms with Crippen LogP contribution in [-0.4, -0.2) is 26.9 Å². The number of aryl methyl sites for hydroxylation is 1. The van der Waals surface area contributed by atoms with E-state index in [2.05, 4.69) is 31.7 Å². The van der Waals surface area contributed by atoms with E-state index in [-0.39, 0.29) is 5.69 Å². The molecule has 0 atom stereocenters. The first kappa shape index (κ1) is 21.7. The Balaban J connectivity index is 1.75. The van der Waals surface area contributed by atoms with Crippen LogP contribution >= 0.6 is 28.1 Å². The molecule has 0 fully saturated rings. The van der Waals surface area contributed by atoms with Crippen LogP contribution in [0.3, 0.4) is 0 Å². The molecule has 8 nitrogen and oxygen atoms in total. The van der Waals surface area contributed by atoms with E-state index >= 15 is 0 Å². The summed E-state index contributed by atoms with van der Waals surface area (Å²) >= 11 is 8.87. The van der Waals surface area contributed by atoms with Crippen molar-refractivity contribution in [1.82, 2.24) is 9.78 Å². The Morgan fingerprint density at radius 1 is 1.23 bits per heavy atom. The van der Waals surface area contributed by atoms with Gasteiger partial charge in [-0.1, -0.05) is 28.1 Å². The third-order valence-corrected chi connectivity index (χ3v) is 5.24. The molecule has 3 aromatic rings. The Labute approximate surface area is 187 Å². The van der Waals surface area contributed by atoms with Crippen LogP contribution in [0.4, 0.5) is 17.1 Å². The molecule has 10 heteroatoms. The molecule has 1 heterocycles. The second-order valence-corrected chi connectivity index (χ2v) is 7.87. The molecule has 30 heavy (non-hydrogen) atoms. The lowest BCUT2D eigenvalue weighted by atomic mass is 10.2. The van der Waals surface area contributed by atoms with Crippen LogP contribution in [0.25, 0.3) is 0 Å². The zero-order valence-corrected chi connectivity index (χ0v) is 19.0. The van der Waals surface area contributed by atoms with Gasteiger partial charge in [-0.15, -0.1) is 0 Å². The van der Waals surface area contributed by atoms with Gasteiger partial charge in [-0.3, -0.25) is 14.8 Å². The molecular formula is C20H20BrN5O3S. The molecule has 0 aliphatic rings. The van der Waals surface area contributed by atoms with E-state index in [1.807, 2.05) is 42.8 Å². The molecule has 2 aromatic carbocycles. The molecule has 2 N–H and O–H groups in total. The molecule has 0 amide bonds. The summed E-state index contributed by atoms with van der Waals surface area (Å²) in [6.45, 7) is 4.51. The van der Waals surface area contributed by atoms with Crippen LogP contribution in [0.1, 0.15) is 17.0 Å². The number of nitrogens with zero attached hydrogens (tertiary/aromatic N) is 3. The van der Waals surface area contributed by atoms with Crippen molar-refractivity contribution in [2.75, 3.05) is 17.7 Å². The van der Waals surface area contributed by atoms with E-state index in [4.69, 9.17) is 17.0 Å². The number of aromatic nitrogens is 2. The molecular weight excluding hydrogens is 470 g/mol. The molecule has 0 bridgehead atoms. The van der Waals surface area contributed by atoms with Crippen molar-refractivity contribution in [2.45, 2.75) is 20.4 Å². The van der Waals surface area contributed by atoms with Gasteiger partial charge in [-0.05, 0) is 49.8 Å². The quantitative estimate of drug-likeness (QED) is 0.284. The van der Waals surface area contributed by atoms with Gasteiger partial charge in [0.25, 0.3) is 5.69 Å². The largest absolute Gasteiger partial charge is 0.494 e. The van der Waals surface area contributed by atoms with Gasteiger partial charge in [0.2, 0.25) is 0 Å². The maximum absolute atomic E-state index is 10.9. The first-order chi connectivity index (χ1) is 14.3. The van der Waals surface area contributed by atoms with E-state index in [0.29, 0.717) is 23.1 Å². The average Bonchev–Trinajstić information content (AvgIpc) is 2.97. The van der Waals surface area contributed by atoms with E-state index in [0.717, 1.165) is 27.1 Å². The standard InChI is InChI=1S/C20H20BrN5O3S/c1-12-19(13(2)25(24-12)11-14-4-6-15(21)7-5-14)23-20(30)22-17-9-8-16(26(27)28)10-18(17)29-3/h4-10H,11H2,1-3H3,(H2,22,23,30). The van der Waals surface area contributed by atoms with Gasteiger partial charge in [-0.2, -0.15) is 5.10 Å². The number of anilines is 2. The number of rotatable bonds is 6. The minimum absolute atomic E-state index is 0.0582. The van der Waals surface area contributed by atoms with Gasteiger partial charge >= 0.3 is 0 Å². The summed E-state index contributed by atoms with van der Waals surface area (Å²) in [4.78, 5) is 10.5. The molecule has 156 valence electrons. The Morgan fingerprint density at radius 3 is 2.57 bits per heavy atom. The van der Waals surface area contributed by atoms with Crippen LogP contribution in [0.5, 0.6) is 5.75 Å². The van der Waals surface area contributed by atoms with Crippen molar-refractivity contribution >= 4 is 50.3 Å². The fraction of sp³-hybridized carbons (Fsp3) is 0.200. The molecule has 0 saturated carbocycles. The number of hydrogen-bond acceptors (Lipinski definition) is 5. The van der Waals surface area contributed by atoms with Gasteiger partial charge in [0.1, 0.15) is 5.75 Å². The van der Waals surface area contributed by atoms with Crippen LogP contribution in [-0.2, 0) is 6.54 Å². The second-order valence-electron chi connectivity index (χ2n) is 6.55. The predicted molar refractivity (Wildman–Crippen MR) is 124 cm³/mol. The van der Waals surface area contributed by atoms with E-state index in [9.17, 15) is 10.1 Å². The number of hydrogen-bond donors (Lipinski definition) is 2. The second kappa shape index (κ2) is 9.23. The van der Waals surface area contributed by atoms with Crippen molar-refractivity contribution in [3.63, 3.8) is 0 Å². The van der Waals surface area contributed by atoms with Gasteiger partial charge < -0.3 is 15.4 Å². The lowest BCUT2D eigenvalue weighted by Crippen LogP contribution is -2.20. The SMILES string of the molecule is COc1cc([N+](=O)[O-])ccc1NC(=S)Nc1c(C)nn(Cc2ccc(Br)cc2)c1C. The van der Waals surface area contributed by atoms with Crippen molar-refractivity contribution in [3.05, 3.63) is 74.0 Å².